The van der Waals surface area contributed by atoms with E-state index in [4.69, 9.17) is 9.15 Å². The van der Waals surface area contributed by atoms with E-state index in [9.17, 15) is 9.59 Å². The zero-order valence-electron chi connectivity index (χ0n) is 12.3. The molecule has 1 aliphatic rings. The lowest BCUT2D eigenvalue weighted by atomic mass is 10.1. The molecule has 3 rings (SSSR count). The first-order chi connectivity index (χ1) is 10.7. The quantitative estimate of drug-likeness (QED) is 0.906. The van der Waals surface area contributed by atoms with Gasteiger partial charge in [-0.15, -0.1) is 0 Å². The highest BCUT2D eigenvalue weighted by molar-refractivity contribution is 5.98. The fraction of sp³-hybridized carbons (Fsp3) is 0.375. The average molecular weight is 302 g/mol. The smallest absolute Gasteiger partial charge is 0.287 e. The molecule has 22 heavy (non-hydrogen) atoms. The van der Waals surface area contributed by atoms with E-state index in [0.717, 1.165) is 18.2 Å². The Morgan fingerprint density at radius 2 is 2.23 bits per heavy atom. The SMILES string of the molecule is COc1ccc2oc(C(=O)NC3CCCCNC3=O)cc2c1. The summed E-state index contributed by atoms with van der Waals surface area (Å²) in [4.78, 5) is 24.1. The maximum absolute atomic E-state index is 12.3. The maximum Gasteiger partial charge on any atom is 0.287 e. The number of benzene rings is 1. The van der Waals surface area contributed by atoms with Crippen molar-refractivity contribution < 1.29 is 18.7 Å². The predicted octanol–water partition coefficient (Wildman–Crippen LogP) is 1.84. The molecule has 2 amide bonds. The number of furan rings is 1. The van der Waals surface area contributed by atoms with Crippen molar-refractivity contribution in [2.45, 2.75) is 25.3 Å². The third kappa shape index (κ3) is 2.90. The van der Waals surface area contributed by atoms with Gasteiger partial charge in [0.15, 0.2) is 5.76 Å². The fourth-order valence-corrected chi connectivity index (χ4v) is 2.57. The third-order valence-corrected chi connectivity index (χ3v) is 3.79. The molecular weight excluding hydrogens is 284 g/mol. The molecule has 2 N–H and O–H groups in total. The molecule has 0 radical (unpaired) electrons. The van der Waals surface area contributed by atoms with Gasteiger partial charge in [0.2, 0.25) is 5.91 Å². The van der Waals surface area contributed by atoms with Crippen molar-refractivity contribution in [3.63, 3.8) is 0 Å². The average Bonchev–Trinajstić information content (AvgIpc) is 2.85. The fourth-order valence-electron chi connectivity index (χ4n) is 2.57. The molecule has 1 saturated heterocycles. The third-order valence-electron chi connectivity index (χ3n) is 3.79. The Morgan fingerprint density at radius 3 is 3.05 bits per heavy atom. The van der Waals surface area contributed by atoms with Crippen LogP contribution in [0.4, 0.5) is 0 Å². The summed E-state index contributed by atoms with van der Waals surface area (Å²) in [5.41, 5.74) is 0.608. The number of carbonyl (C=O) groups is 2. The molecule has 0 bridgehead atoms. The van der Waals surface area contributed by atoms with E-state index in [0.29, 0.717) is 24.3 Å². The number of hydrogen-bond acceptors (Lipinski definition) is 4. The zero-order valence-corrected chi connectivity index (χ0v) is 12.3. The monoisotopic (exact) mass is 302 g/mol. The van der Waals surface area contributed by atoms with Crippen LogP contribution in [0.2, 0.25) is 0 Å². The predicted molar refractivity (Wildman–Crippen MR) is 80.9 cm³/mol. The van der Waals surface area contributed by atoms with E-state index in [1.54, 1.807) is 31.4 Å². The molecule has 1 fully saturated rings. The van der Waals surface area contributed by atoms with Gasteiger partial charge < -0.3 is 19.8 Å². The van der Waals surface area contributed by atoms with Crippen LogP contribution in [0.3, 0.4) is 0 Å². The van der Waals surface area contributed by atoms with Crippen LogP contribution < -0.4 is 15.4 Å². The summed E-state index contributed by atoms with van der Waals surface area (Å²) in [5, 5.41) is 6.32. The van der Waals surface area contributed by atoms with Crippen molar-refractivity contribution in [2.24, 2.45) is 0 Å². The lowest BCUT2D eigenvalue weighted by Gasteiger charge is -2.13. The van der Waals surface area contributed by atoms with Gasteiger partial charge in [-0.1, -0.05) is 0 Å². The molecular formula is C16H18N2O4. The van der Waals surface area contributed by atoms with Gasteiger partial charge in [-0.05, 0) is 43.5 Å². The summed E-state index contributed by atoms with van der Waals surface area (Å²) < 4.78 is 10.7. The molecule has 1 unspecified atom stereocenters. The summed E-state index contributed by atoms with van der Waals surface area (Å²) in [6.07, 6.45) is 2.48. The molecule has 0 spiro atoms. The van der Waals surface area contributed by atoms with Crippen LogP contribution in [0.15, 0.2) is 28.7 Å². The van der Waals surface area contributed by atoms with Crippen molar-refractivity contribution in [1.29, 1.82) is 0 Å². The van der Waals surface area contributed by atoms with Gasteiger partial charge in [0, 0.05) is 11.9 Å². The van der Waals surface area contributed by atoms with Gasteiger partial charge in [-0.25, -0.2) is 0 Å². The molecule has 6 heteroatoms. The number of methoxy groups -OCH3 is 1. The van der Waals surface area contributed by atoms with Crippen molar-refractivity contribution >= 4 is 22.8 Å². The van der Waals surface area contributed by atoms with E-state index in [-0.39, 0.29) is 17.6 Å². The molecule has 1 aromatic carbocycles. The molecule has 116 valence electrons. The van der Waals surface area contributed by atoms with Gasteiger partial charge >= 0.3 is 0 Å². The minimum Gasteiger partial charge on any atom is -0.497 e. The Labute approximate surface area is 127 Å². The summed E-state index contributed by atoms with van der Waals surface area (Å²) in [7, 11) is 1.58. The number of carbonyl (C=O) groups excluding carboxylic acids is 2. The molecule has 6 nitrogen and oxygen atoms in total. The van der Waals surface area contributed by atoms with E-state index in [2.05, 4.69) is 10.6 Å². The molecule has 2 heterocycles. The maximum atomic E-state index is 12.3. The number of amides is 2. The molecule has 1 aromatic heterocycles. The zero-order chi connectivity index (χ0) is 15.5. The number of rotatable bonds is 3. The number of nitrogens with one attached hydrogen (secondary N) is 2. The summed E-state index contributed by atoms with van der Waals surface area (Å²) in [6, 6.07) is 6.48. The van der Waals surface area contributed by atoms with Gasteiger partial charge in [0.05, 0.1) is 7.11 Å². The highest BCUT2D eigenvalue weighted by Crippen LogP contribution is 2.24. The first kappa shape index (κ1) is 14.4. The lowest BCUT2D eigenvalue weighted by molar-refractivity contribution is -0.122. The largest absolute Gasteiger partial charge is 0.497 e. The van der Waals surface area contributed by atoms with E-state index in [1.807, 2.05) is 0 Å². The second kappa shape index (κ2) is 6.09. The van der Waals surface area contributed by atoms with E-state index in [1.165, 1.54) is 0 Å². The van der Waals surface area contributed by atoms with Gasteiger partial charge in [0.25, 0.3) is 5.91 Å². The van der Waals surface area contributed by atoms with Crippen molar-refractivity contribution in [3.8, 4) is 5.75 Å². The van der Waals surface area contributed by atoms with Crippen molar-refractivity contribution in [3.05, 3.63) is 30.0 Å². The lowest BCUT2D eigenvalue weighted by Crippen LogP contribution is -2.45. The van der Waals surface area contributed by atoms with Crippen LogP contribution in [0.25, 0.3) is 11.0 Å². The summed E-state index contributed by atoms with van der Waals surface area (Å²) in [6.45, 7) is 0.662. The number of hydrogen-bond donors (Lipinski definition) is 2. The Hall–Kier alpha value is -2.50. The first-order valence-corrected chi connectivity index (χ1v) is 7.33. The van der Waals surface area contributed by atoms with Crippen LogP contribution in [-0.4, -0.2) is 31.5 Å². The second-order valence-corrected chi connectivity index (χ2v) is 5.33. The standard InChI is InChI=1S/C16H18N2O4/c1-21-11-5-6-13-10(8-11)9-14(22-13)16(20)18-12-4-2-3-7-17-15(12)19/h5-6,8-9,12H,2-4,7H2,1H3,(H,17,19)(H,18,20). The highest BCUT2D eigenvalue weighted by Gasteiger charge is 2.24. The van der Waals surface area contributed by atoms with E-state index < -0.39 is 6.04 Å². The number of ether oxygens (including phenoxy) is 1. The van der Waals surface area contributed by atoms with Gasteiger partial charge in [0.1, 0.15) is 17.4 Å². The summed E-state index contributed by atoms with van der Waals surface area (Å²) in [5.74, 6) is 0.379. The number of fused-ring (bicyclic) bond motifs is 1. The Kier molecular flexibility index (Phi) is 4.00. The highest BCUT2D eigenvalue weighted by atomic mass is 16.5. The Bertz CT molecular complexity index is 707. The normalized spacial score (nSPS) is 18.6. The second-order valence-electron chi connectivity index (χ2n) is 5.33. The Morgan fingerprint density at radius 1 is 1.36 bits per heavy atom. The topological polar surface area (TPSA) is 80.6 Å². The molecule has 1 atom stereocenters. The van der Waals surface area contributed by atoms with Crippen molar-refractivity contribution in [1.82, 2.24) is 10.6 Å². The Balaban J connectivity index is 1.78. The van der Waals surface area contributed by atoms with Crippen molar-refractivity contribution in [2.75, 3.05) is 13.7 Å². The van der Waals surface area contributed by atoms with E-state index >= 15 is 0 Å². The van der Waals surface area contributed by atoms with Gasteiger partial charge in [-0.3, -0.25) is 9.59 Å². The molecule has 0 aliphatic carbocycles. The molecule has 1 aliphatic heterocycles. The van der Waals surface area contributed by atoms with Crippen LogP contribution in [-0.2, 0) is 4.79 Å². The minimum absolute atomic E-state index is 0.136. The van der Waals surface area contributed by atoms with Crippen LogP contribution >= 0.6 is 0 Å². The molecule has 0 saturated carbocycles. The van der Waals surface area contributed by atoms with Crippen LogP contribution in [0.1, 0.15) is 29.8 Å². The van der Waals surface area contributed by atoms with Gasteiger partial charge in [-0.2, -0.15) is 0 Å². The van der Waals surface area contributed by atoms with Crippen LogP contribution in [0, 0.1) is 0 Å². The molecule has 2 aromatic rings. The first-order valence-electron chi connectivity index (χ1n) is 7.33. The van der Waals surface area contributed by atoms with Crippen LogP contribution in [0.5, 0.6) is 5.75 Å². The summed E-state index contributed by atoms with van der Waals surface area (Å²) >= 11 is 0. The minimum atomic E-state index is -0.502.